The van der Waals surface area contributed by atoms with Gasteiger partial charge in [-0.05, 0) is 51.1 Å². The molecule has 4 nitrogen and oxygen atoms in total. The lowest BCUT2D eigenvalue weighted by Gasteiger charge is -2.32. The minimum absolute atomic E-state index is 0.260. The highest BCUT2D eigenvalue weighted by Crippen LogP contribution is 2.19. The van der Waals surface area contributed by atoms with E-state index in [0.717, 1.165) is 37.5 Å². The van der Waals surface area contributed by atoms with Crippen molar-refractivity contribution in [2.75, 3.05) is 46.4 Å². The molecular weight excluding hydrogens is 276 g/mol. The summed E-state index contributed by atoms with van der Waals surface area (Å²) >= 11 is 0. The summed E-state index contributed by atoms with van der Waals surface area (Å²) in [5.41, 5.74) is 0. The second-order valence-electron chi connectivity index (χ2n) is 6.16. The maximum Gasteiger partial charge on any atom is 0.119 e. The van der Waals surface area contributed by atoms with Gasteiger partial charge in [0.25, 0.3) is 0 Å². The zero-order valence-corrected chi connectivity index (χ0v) is 14.3. The SMILES string of the molecule is CC[C@@H](C)Oc1ccc(OCCCN2CCN(C)CC2)cc1. The highest BCUT2D eigenvalue weighted by Gasteiger charge is 2.12. The Kier molecular flexibility index (Phi) is 7.00. The smallest absolute Gasteiger partial charge is 0.119 e. The van der Waals surface area contributed by atoms with E-state index in [1.807, 2.05) is 24.3 Å². The monoisotopic (exact) mass is 306 g/mol. The molecule has 124 valence electrons. The Morgan fingerprint density at radius 3 is 2.32 bits per heavy atom. The van der Waals surface area contributed by atoms with E-state index in [0.29, 0.717) is 0 Å². The zero-order chi connectivity index (χ0) is 15.8. The molecule has 1 fully saturated rings. The van der Waals surface area contributed by atoms with Crippen LogP contribution in [0.15, 0.2) is 24.3 Å². The van der Waals surface area contributed by atoms with Gasteiger partial charge in [-0.2, -0.15) is 0 Å². The first-order chi connectivity index (χ1) is 10.7. The van der Waals surface area contributed by atoms with Gasteiger partial charge in [0.15, 0.2) is 0 Å². The maximum atomic E-state index is 5.81. The van der Waals surface area contributed by atoms with Crippen LogP contribution in [0.2, 0.25) is 0 Å². The molecule has 1 atom stereocenters. The van der Waals surface area contributed by atoms with E-state index in [1.54, 1.807) is 0 Å². The van der Waals surface area contributed by atoms with Gasteiger partial charge in [0.1, 0.15) is 11.5 Å². The van der Waals surface area contributed by atoms with Crippen molar-refractivity contribution in [2.45, 2.75) is 32.8 Å². The normalized spacial score (nSPS) is 18.1. The van der Waals surface area contributed by atoms with Crippen LogP contribution in [0, 0.1) is 0 Å². The molecule has 22 heavy (non-hydrogen) atoms. The Morgan fingerprint density at radius 2 is 1.68 bits per heavy atom. The summed E-state index contributed by atoms with van der Waals surface area (Å²) in [5.74, 6) is 1.84. The third kappa shape index (κ3) is 5.85. The minimum atomic E-state index is 0.260. The van der Waals surface area contributed by atoms with Crippen molar-refractivity contribution >= 4 is 0 Å². The lowest BCUT2D eigenvalue weighted by Crippen LogP contribution is -2.44. The highest BCUT2D eigenvalue weighted by molar-refractivity contribution is 5.31. The standard InChI is InChI=1S/C18H30N2O2/c1-4-16(2)22-18-8-6-17(7-9-18)21-15-5-10-20-13-11-19(3)12-14-20/h6-9,16H,4-5,10-15H2,1-3H3/t16-/m1/s1. The molecule has 0 saturated carbocycles. The van der Waals surface area contributed by atoms with E-state index in [1.165, 1.54) is 26.2 Å². The minimum Gasteiger partial charge on any atom is -0.494 e. The summed E-state index contributed by atoms with van der Waals surface area (Å²) in [6.07, 6.45) is 2.36. The van der Waals surface area contributed by atoms with E-state index in [-0.39, 0.29) is 6.10 Å². The number of likely N-dealkylation sites (N-methyl/N-ethyl adjacent to an activating group) is 1. The zero-order valence-electron chi connectivity index (χ0n) is 14.3. The molecule has 0 unspecified atom stereocenters. The first-order valence-corrected chi connectivity index (χ1v) is 8.48. The summed E-state index contributed by atoms with van der Waals surface area (Å²) in [6.45, 7) is 10.8. The molecule has 1 aromatic carbocycles. The molecule has 1 saturated heterocycles. The average molecular weight is 306 g/mol. The molecule has 0 aromatic heterocycles. The van der Waals surface area contributed by atoms with Crippen LogP contribution in [0.4, 0.5) is 0 Å². The van der Waals surface area contributed by atoms with Crippen molar-refractivity contribution in [3.63, 3.8) is 0 Å². The first kappa shape index (κ1) is 17.1. The quantitative estimate of drug-likeness (QED) is 0.690. The lowest BCUT2D eigenvalue weighted by molar-refractivity contribution is 0.145. The fourth-order valence-electron chi connectivity index (χ4n) is 2.48. The lowest BCUT2D eigenvalue weighted by atomic mass is 10.3. The molecule has 0 radical (unpaired) electrons. The van der Waals surface area contributed by atoms with Gasteiger partial charge in [-0.1, -0.05) is 6.92 Å². The summed E-state index contributed by atoms with van der Waals surface area (Å²) in [5, 5.41) is 0. The van der Waals surface area contributed by atoms with Crippen LogP contribution in [0.5, 0.6) is 11.5 Å². The number of nitrogens with zero attached hydrogens (tertiary/aromatic N) is 2. The van der Waals surface area contributed by atoms with Gasteiger partial charge in [-0.3, -0.25) is 0 Å². The van der Waals surface area contributed by atoms with Crippen LogP contribution in [-0.2, 0) is 0 Å². The summed E-state index contributed by atoms with van der Waals surface area (Å²) in [6, 6.07) is 7.96. The molecular formula is C18H30N2O2. The average Bonchev–Trinajstić information content (AvgIpc) is 2.54. The predicted molar refractivity (Wildman–Crippen MR) is 90.9 cm³/mol. The van der Waals surface area contributed by atoms with Crippen LogP contribution in [0.1, 0.15) is 26.7 Å². The summed E-state index contributed by atoms with van der Waals surface area (Å²) in [7, 11) is 2.19. The van der Waals surface area contributed by atoms with Crippen LogP contribution < -0.4 is 9.47 Å². The Labute approximate surface area is 135 Å². The molecule has 1 aromatic rings. The molecule has 1 aliphatic heterocycles. The van der Waals surface area contributed by atoms with Crippen molar-refractivity contribution < 1.29 is 9.47 Å². The number of rotatable bonds is 8. The van der Waals surface area contributed by atoms with Gasteiger partial charge in [0, 0.05) is 32.7 Å². The number of hydrogen-bond donors (Lipinski definition) is 0. The molecule has 0 spiro atoms. The van der Waals surface area contributed by atoms with E-state index in [9.17, 15) is 0 Å². The molecule has 0 amide bonds. The van der Waals surface area contributed by atoms with Gasteiger partial charge < -0.3 is 19.3 Å². The van der Waals surface area contributed by atoms with Gasteiger partial charge in [0.05, 0.1) is 12.7 Å². The molecule has 1 heterocycles. The largest absolute Gasteiger partial charge is 0.494 e. The van der Waals surface area contributed by atoms with Gasteiger partial charge >= 0.3 is 0 Å². The van der Waals surface area contributed by atoms with Crippen molar-refractivity contribution in [2.24, 2.45) is 0 Å². The molecule has 0 aliphatic carbocycles. The summed E-state index contributed by atoms with van der Waals surface area (Å²) in [4.78, 5) is 4.91. The Morgan fingerprint density at radius 1 is 1.05 bits per heavy atom. The van der Waals surface area contributed by atoms with Crippen LogP contribution in [0.25, 0.3) is 0 Å². The van der Waals surface area contributed by atoms with E-state index in [4.69, 9.17) is 9.47 Å². The number of piperazine rings is 1. The van der Waals surface area contributed by atoms with Crippen LogP contribution in [-0.4, -0.2) is 62.3 Å². The van der Waals surface area contributed by atoms with E-state index in [2.05, 4.69) is 30.7 Å². The summed E-state index contributed by atoms with van der Waals surface area (Å²) < 4.78 is 11.6. The molecule has 0 bridgehead atoms. The van der Waals surface area contributed by atoms with Crippen LogP contribution in [0.3, 0.4) is 0 Å². The molecule has 4 heteroatoms. The number of ether oxygens (including phenoxy) is 2. The van der Waals surface area contributed by atoms with E-state index < -0.39 is 0 Å². The third-order valence-corrected chi connectivity index (χ3v) is 4.22. The van der Waals surface area contributed by atoms with Gasteiger partial charge in [-0.25, -0.2) is 0 Å². The second-order valence-corrected chi connectivity index (χ2v) is 6.16. The van der Waals surface area contributed by atoms with E-state index >= 15 is 0 Å². The van der Waals surface area contributed by atoms with Crippen molar-refractivity contribution in [3.8, 4) is 11.5 Å². The third-order valence-electron chi connectivity index (χ3n) is 4.22. The Bertz CT molecular complexity index is 414. The molecule has 2 rings (SSSR count). The van der Waals surface area contributed by atoms with Crippen molar-refractivity contribution in [3.05, 3.63) is 24.3 Å². The fourth-order valence-corrected chi connectivity index (χ4v) is 2.48. The Hall–Kier alpha value is -1.26. The van der Waals surface area contributed by atoms with Crippen molar-refractivity contribution in [1.29, 1.82) is 0 Å². The molecule has 1 aliphatic rings. The maximum absolute atomic E-state index is 5.81. The van der Waals surface area contributed by atoms with Crippen LogP contribution >= 0.6 is 0 Å². The predicted octanol–water partition coefficient (Wildman–Crippen LogP) is 2.88. The topological polar surface area (TPSA) is 24.9 Å². The van der Waals surface area contributed by atoms with Gasteiger partial charge in [0.2, 0.25) is 0 Å². The Balaban J connectivity index is 1.62. The number of benzene rings is 1. The first-order valence-electron chi connectivity index (χ1n) is 8.48. The molecule has 0 N–H and O–H groups in total. The van der Waals surface area contributed by atoms with Crippen molar-refractivity contribution in [1.82, 2.24) is 9.80 Å². The fraction of sp³-hybridized carbons (Fsp3) is 0.667. The second kappa shape index (κ2) is 9.01. The highest BCUT2D eigenvalue weighted by atomic mass is 16.5. The number of hydrogen-bond acceptors (Lipinski definition) is 4. The van der Waals surface area contributed by atoms with Gasteiger partial charge in [-0.15, -0.1) is 0 Å².